The first-order valence-corrected chi connectivity index (χ1v) is 24.4. The zero-order chi connectivity index (χ0) is 47.1. The summed E-state index contributed by atoms with van der Waals surface area (Å²) in [6.07, 6.45) is 0. The van der Waals surface area contributed by atoms with Gasteiger partial charge in [0, 0.05) is 5.56 Å². The minimum absolute atomic E-state index is 0. The number of benzene rings is 4. The molecule has 0 aliphatic carbocycles. The van der Waals surface area contributed by atoms with Gasteiger partial charge < -0.3 is 44.9 Å². The smallest absolute Gasteiger partial charge is 0.744 e. The molecule has 4 aromatic carbocycles. The van der Waals surface area contributed by atoms with E-state index in [1.165, 1.54) is 0 Å². The molecular weight excluding hydrogens is 1140 g/mol. The fourth-order valence-electron chi connectivity index (χ4n) is 4.84. The number of phenols is 1. The zero-order valence-corrected chi connectivity index (χ0v) is 53.7. The first kappa shape index (κ1) is 74.7. The van der Waals surface area contributed by atoms with E-state index in [4.69, 9.17) is 5.73 Å². The van der Waals surface area contributed by atoms with Crippen LogP contribution in [0.4, 0.5) is 28.4 Å². The summed E-state index contributed by atoms with van der Waals surface area (Å²) in [5.74, 6) is -5.16. The van der Waals surface area contributed by atoms with Crippen LogP contribution in [0.3, 0.4) is 0 Å². The molecule has 3 N–H and O–H groups in total. The van der Waals surface area contributed by atoms with E-state index in [1.54, 1.807) is 0 Å². The quantitative estimate of drug-likeness (QED) is 0.00849. The molecule has 0 radical (unpaired) electrons. The maximum absolute atomic E-state index is 12.8. The van der Waals surface area contributed by atoms with Gasteiger partial charge in [-0.1, -0.05) is 0 Å². The molecule has 69 heavy (non-hydrogen) atoms. The summed E-state index contributed by atoms with van der Waals surface area (Å²) < 4.78 is 174. The number of carboxylic acid groups (broad SMARTS) is 1. The number of rotatable bonds is 22. The van der Waals surface area contributed by atoms with Crippen molar-refractivity contribution >= 4 is 120 Å². The molecule has 0 unspecified atom stereocenters. The first-order chi connectivity index (χ1) is 29.2. The zero-order valence-electron chi connectivity index (χ0n) is 36.0. The Kier molecular flexibility index (Phi) is 34.9. The van der Waals surface area contributed by atoms with Gasteiger partial charge in [-0.3, -0.25) is 18.4 Å². The number of phenolic OH excluding ortho intramolecular Hbond substituents is 1. The average Bonchev–Trinajstić information content (AvgIpc) is 3.17. The molecule has 0 amide bonds. The maximum Gasteiger partial charge on any atom is 1.00 e. The number of nitrogens with two attached hydrogens (primary N) is 1. The van der Waals surface area contributed by atoms with Crippen LogP contribution >= 0.6 is 24.4 Å². The van der Waals surface area contributed by atoms with Crippen molar-refractivity contribution in [1.82, 2.24) is 0 Å². The number of aromatic hydroxyl groups is 1. The van der Waals surface area contributed by atoms with Crippen molar-refractivity contribution in [2.45, 2.75) is 24.5 Å². The van der Waals surface area contributed by atoms with Crippen LogP contribution < -0.4 is 199 Å². The van der Waals surface area contributed by atoms with Crippen LogP contribution in [0.25, 0.3) is 10.8 Å². The Morgan fingerprint density at radius 2 is 1.17 bits per heavy atom. The number of nitrogens with zero attached hydrogens (tertiary/aromatic N) is 4. The average molecular weight is 1160 g/mol. The molecule has 0 aliphatic heterocycles. The van der Waals surface area contributed by atoms with E-state index >= 15 is 0 Å². The van der Waals surface area contributed by atoms with Crippen molar-refractivity contribution < 1.29 is 286 Å². The number of aromatic carboxylic acids is 1. The van der Waals surface area contributed by atoms with Crippen LogP contribution in [0.15, 0.2) is 93.5 Å². The third-order valence-corrected chi connectivity index (χ3v) is 14.0. The molecule has 0 saturated carbocycles. The Balaban J connectivity index is -0.00000726. The van der Waals surface area contributed by atoms with Crippen molar-refractivity contribution in [2.24, 2.45) is 20.5 Å². The SMILES string of the molecule is Nc1c(N=Nc2cc(S(=O)(=O)CCOS(=O)(=O)[O-])ccc2C(=O)[O-])c(S(=O)(=O)[O-])cc2cc(SOO[O-])c(N=Nc3ccc(S(=O)(=O)CCOSOO[O-])cc3S(=O)(=O)[O-])c(O)c12.[Na+].[Na+].[Na+].[Na+].[Na+].[Na+]. The summed E-state index contributed by atoms with van der Waals surface area (Å²) in [5.41, 5.74) is 0.568. The van der Waals surface area contributed by atoms with Crippen LogP contribution in [-0.2, 0) is 77.4 Å². The Morgan fingerprint density at radius 1 is 0.652 bits per heavy atom. The number of carbonyl (C=O) groups excluding carboxylic acids is 1. The van der Waals surface area contributed by atoms with Gasteiger partial charge in [0.15, 0.2) is 37.7 Å². The van der Waals surface area contributed by atoms with Gasteiger partial charge in [-0.2, -0.15) is 4.33 Å². The number of hydrogen-bond donors (Lipinski definition) is 2. The fraction of sp³-hybridized carbons (Fsp3) is 0.148. The van der Waals surface area contributed by atoms with Gasteiger partial charge in [-0.15, -0.1) is 24.8 Å². The third kappa shape index (κ3) is 21.4. The number of azo groups is 2. The summed E-state index contributed by atoms with van der Waals surface area (Å²) in [4.78, 5) is 7.20. The molecule has 0 aliphatic rings. The molecule has 0 bridgehead atoms. The standard InChI is InChI=1S/C27H25N5O24S7.6Na/c28-23-22-13(10-21(62(45,46)47)25(23)32-30-18-11-14(1-3-16(18)27(34)35)60(40,41)8-6-52-63(48,49)50)9-19(57-55-53-36)24(26(22)33)31-29-17-4-2-15(12-20(17)61(42,43)44)59(38,39)7-5-51-58-56-54-37;;;;;;/h1-4,9-12,33,36-37H,5-8,28H2,(H,34,35)(H,42,43,44)(H,45,46,47)(H,48,49,50);;;;;;/q;6*+1/p-6. The van der Waals surface area contributed by atoms with Gasteiger partial charge in [0.1, 0.15) is 37.3 Å². The van der Waals surface area contributed by atoms with E-state index in [0.717, 1.165) is 12.1 Å². The van der Waals surface area contributed by atoms with Crippen molar-refractivity contribution in [3.8, 4) is 5.75 Å². The van der Waals surface area contributed by atoms with E-state index in [1.807, 2.05) is 0 Å². The van der Waals surface area contributed by atoms with Gasteiger partial charge in [-0.25, -0.2) is 42.1 Å². The van der Waals surface area contributed by atoms with Gasteiger partial charge in [-0.05, 0) is 53.9 Å². The predicted octanol–water partition coefficient (Wildman–Crippen LogP) is -18.8. The van der Waals surface area contributed by atoms with Crippen molar-refractivity contribution in [3.63, 3.8) is 0 Å². The van der Waals surface area contributed by atoms with E-state index < -0.39 is 156 Å². The first-order valence-electron chi connectivity index (χ1n) is 15.5. The molecule has 0 atom stereocenters. The van der Waals surface area contributed by atoms with Crippen LogP contribution in [0.1, 0.15) is 10.4 Å². The van der Waals surface area contributed by atoms with Gasteiger partial charge in [0.05, 0.1) is 84.0 Å². The summed E-state index contributed by atoms with van der Waals surface area (Å²) in [6.45, 7) is -1.81. The number of nitrogen functional groups attached to an aromatic ring is 1. The van der Waals surface area contributed by atoms with Crippen molar-refractivity contribution in [1.29, 1.82) is 0 Å². The molecule has 4 aromatic rings. The normalized spacial score (nSPS) is 12.0. The molecule has 0 saturated heterocycles. The second-order valence-corrected chi connectivity index (χ2v) is 20.5. The number of anilines is 1. The molecule has 29 nitrogen and oxygen atoms in total. The largest absolute Gasteiger partial charge is 1.00 e. The van der Waals surface area contributed by atoms with E-state index in [0.29, 0.717) is 36.4 Å². The molecule has 344 valence electrons. The van der Waals surface area contributed by atoms with Gasteiger partial charge in [0.2, 0.25) is 10.4 Å². The van der Waals surface area contributed by atoms with Gasteiger partial charge in [0.25, 0.3) is 0 Å². The molecule has 42 heteroatoms. The van der Waals surface area contributed by atoms with Crippen molar-refractivity contribution in [2.75, 3.05) is 30.5 Å². The number of fused-ring (bicyclic) bond motifs is 1. The Hall–Kier alpha value is 1.42. The minimum atomic E-state index is -5.67. The van der Waals surface area contributed by atoms with Crippen LogP contribution in [0.2, 0.25) is 0 Å². The Labute approximate surface area is 532 Å². The van der Waals surface area contributed by atoms with Crippen molar-refractivity contribution in [3.05, 3.63) is 54.1 Å². The Bertz CT molecular complexity index is 3090. The molecule has 0 aromatic heterocycles. The summed E-state index contributed by atoms with van der Waals surface area (Å²) >= 11 is -0.0755. The monoisotopic (exact) mass is 1160 g/mol. The molecule has 0 fully saturated rings. The second-order valence-electron chi connectivity index (χ2n) is 11.3. The fourth-order valence-corrected chi connectivity index (χ4v) is 9.64. The Morgan fingerprint density at radius 3 is 1.71 bits per heavy atom. The molecular formula is C27H19N5Na6O24S7. The summed E-state index contributed by atoms with van der Waals surface area (Å²) in [5, 5.41) is 63.2. The number of sulfone groups is 2. The topological polar surface area (TPSA) is 477 Å². The van der Waals surface area contributed by atoms with Crippen LogP contribution in [0.5, 0.6) is 5.75 Å². The van der Waals surface area contributed by atoms with E-state index in [-0.39, 0.29) is 202 Å². The van der Waals surface area contributed by atoms with Gasteiger partial charge >= 0.3 is 177 Å². The number of carboxylic acids is 1. The summed E-state index contributed by atoms with van der Waals surface area (Å²) in [7, 11) is -25.6. The minimum Gasteiger partial charge on any atom is -0.744 e. The molecule has 4 rings (SSSR count). The van der Waals surface area contributed by atoms with Crippen LogP contribution in [-0.4, -0.2) is 91.5 Å². The predicted molar refractivity (Wildman–Crippen MR) is 195 cm³/mol. The van der Waals surface area contributed by atoms with E-state index in [9.17, 15) is 81.3 Å². The molecule has 0 spiro atoms. The van der Waals surface area contributed by atoms with Crippen LogP contribution in [0, 0.1) is 0 Å². The number of hydrogen-bond acceptors (Lipinski definition) is 31. The maximum atomic E-state index is 12.8. The summed E-state index contributed by atoms with van der Waals surface area (Å²) in [6, 6.07) is 5.11. The van der Waals surface area contributed by atoms with E-state index in [2.05, 4.69) is 47.6 Å². The third-order valence-electron chi connectivity index (χ3n) is 7.48. The second kappa shape index (κ2) is 32.2. The number of carbonyl (C=O) groups is 1. The molecule has 0 heterocycles.